The van der Waals surface area contributed by atoms with Gasteiger partial charge in [0, 0.05) is 0 Å². The lowest BCUT2D eigenvalue weighted by Gasteiger charge is -2.32. The molecule has 0 fully saturated rings. The van der Waals surface area contributed by atoms with E-state index in [-0.39, 0.29) is 18.1 Å². The normalized spacial score (nSPS) is 14.1. The molecule has 2 aromatic carbocycles. The van der Waals surface area contributed by atoms with E-state index in [9.17, 15) is 26.3 Å². The molecule has 0 aliphatic carbocycles. The molecule has 1 atom stereocenters. The second-order valence-corrected chi connectivity index (χ2v) is 9.32. The predicted octanol–water partition coefficient (Wildman–Crippen LogP) is 8.48. The minimum atomic E-state index is -4.90. The summed E-state index contributed by atoms with van der Waals surface area (Å²) in [5.41, 5.74) is -0.937. The van der Waals surface area contributed by atoms with Gasteiger partial charge in [-0.05, 0) is 53.0 Å². The third kappa shape index (κ3) is 7.18. The summed E-state index contributed by atoms with van der Waals surface area (Å²) in [6, 6.07) is 8.75. The Bertz CT molecular complexity index is 825. The highest BCUT2D eigenvalue weighted by molar-refractivity contribution is 5.37. The Labute approximate surface area is 179 Å². The summed E-state index contributed by atoms with van der Waals surface area (Å²) >= 11 is 0. The second kappa shape index (κ2) is 9.13. The van der Waals surface area contributed by atoms with E-state index in [0.29, 0.717) is 29.5 Å². The fraction of sp³-hybridized carbons (Fsp3) is 0.500. The Balaban J connectivity index is 2.21. The summed E-state index contributed by atoms with van der Waals surface area (Å²) in [6.07, 6.45) is -8.80. The van der Waals surface area contributed by atoms with Crippen molar-refractivity contribution >= 4 is 0 Å². The largest absolute Gasteiger partial charge is 0.489 e. The van der Waals surface area contributed by atoms with Crippen LogP contribution in [-0.2, 0) is 19.0 Å². The van der Waals surface area contributed by atoms with Crippen LogP contribution in [0.3, 0.4) is 0 Å². The standard InChI is InChI=1S/C24H28F6O/c1-15(2)10-21(22(3,4)5)17-8-6-16(7-9-17)14-31-20-12-18(23(25,26)27)11-19(13-20)24(28,29)30/h6-9,11-13,15,21H,10,14H2,1-5H3. The van der Waals surface area contributed by atoms with Crippen molar-refractivity contribution in [3.63, 3.8) is 0 Å². The fourth-order valence-corrected chi connectivity index (χ4v) is 3.48. The number of rotatable bonds is 6. The van der Waals surface area contributed by atoms with Crippen molar-refractivity contribution in [2.75, 3.05) is 0 Å². The van der Waals surface area contributed by atoms with Crippen molar-refractivity contribution in [1.82, 2.24) is 0 Å². The molecule has 172 valence electrons. The molecule has 0 amide bonds. The van der Waals surface area contributed by atoms with Crippen molar-refractivity contribution in [2.24, 2.45) is 11.3 Å². The van der Waals surface area contributed by atoms with Gasteiger partial charge in [0.05, 0.1) is 11.1 Å². The highest BCUT2D eigenvalue weighted by Gasteiger charge is 2.37. The van der Waals surface area contributed by atoms with E-state index in [1.807, 2.05) is 12.1 Å². The highest BCUT2D eigenvalue weighted by atomic mass is 19.4. The number of alkyl halides is 6. The molecule has 0 radical (unpaired) electrons. The van der Waals surface area contributed by atoms with Crippen LogP contribution in [0, 0.1) is 11.3 Å². The van der Waals surface area contributed by atoms with Crippen LogP contribution in [0.5, 0.6) is 5.75 Å². The maximum absolute atomic E-state index is 13.0. The van der Waals surface area contributed by atoms with E-state index in [4.69, 9.17) is 4.74 Å². The maximum atomic E-state index is 13.0. The van der Waals surface area contributed by atoms with Crippen molar-refractivity contribution in [3.05, 3.63) is 64.7 Å². The molecule has 0 aliphatic rings. The first-order valence-corrected chi connectivity index (χ1v) is 10.1. The number of halogens is 6. The lowest BCUT2D eigenvalue weighted by atomic mass is 9.72. The van der Waals surface area contributed by atoms with Gasteiger partial charge < -0.3 is 4.74 Å². The van der Waals surface area contributed by atoms with Crippen LogP contribution < -0.4 is 4.74 Å². The molecule has 0 bridgehead atoms. The van der Waals surface area contributed by atoms with Crippen LogP contribution in [0.1, 0.15) is 69.2 Å². The Kier molecular flexibility index (Phi) is 7.39. The molecular weight excluding hydrogens is 418 g/mol. The quantitative estimate of drug-likeness (QED) is 0.404. The van der Waals surface area contributed by atoms with E-state index in [0.717, 1.165) is 12.0 Å². The molecule has 1 nitrogen and oxygen atoms in total. The van der Waals surface area contributed by atoms with Gasteiger partial charge in [0.1, 0.15) is 12.4 Å². The molecule has 0 aromatic heterocycles. The molecule has 0 aliphatic heterocycles. The van der Waals surface area contributed by atoms with Crippen LogP contribution in [-0.4, -0.2) is 0 Å². The molecule has 2 aromatic rings. The minimum Gasteiger partial charge on any atom is -0.489 e. The zero-order valence-electron chi connectivity index (χ0n) is 18.3. The minimum absolute atomic E-state index is 0.0499. The zero-order chi connectivity index (χ0) is 23.6. The Morgan fingerprint density at radius 2 is 1.26 bits per heavy atom. The summed E-state index contributed by atoms with van der Waals surface area (Å²) in [4.78, 5) is 0. The first kappa shape index (κ1) is 25.1. The number of ether oxygens (including phenoxy) is 1. The van der Waals surface area contributed by atoms with Crippen molar-refractivity contribution in [3.8, 4) is 5.75 Å². The van der Waals surface area contributed by atoms with Gasteiger partial charge in [-0.25, -0.2) is 0 Å². The Morgan fingerprint density at radius 3 is 1.65 bits per heavy atom. The molecule has 0 saturated heterocycles. The van der Waals surface area contributed by atoms with E-state index in [1.165, 1.54) is 0 Å². The molecule has 2 rings (SSSR count). The van der Waals surface area contributed by atoms with Crippen molar-refractivity contribution in [2.45, 2.75) is 65.9 Å². The van der Waals surface area contributed by atoms with Crippen LogP contribution in [0.2, 0.25) is 0 Å². The highest BCUT2D eigenvalue weighted by Crippen LogP contribution is 2.40. The Morgan fingerprint density at radius 1 is 0.774 bits per heavy atom. The molecule has 0 heterocycles. The smallest absolute Gasteiger partial charge is 0.416 e. The third-order valence-electron chi connectivity index (χ3n) is 5.10. The number of hydrogen-bond donors (Lipinski definition) is 0. The lowest BCUT2D eigenvalue weighted by Crippen LogP contribution is -2.20. The van der Waals surface area contributed by atoms with Crippen LogP contribution in [0.4, 0.5) is 26.3 Å². The number of benzene rings is 2. The molecule has 0 N–H and O–H groups in total. The van der Waals surface area contributed by atoms with Gasteiger partial charge in [0.2, 0.25) is 0 Å². The van der Waals surface area contributed by atoms with E-state index in [1.54, 1.807) is 12.1 Å². The monoisotopic (exact) mass is 446 g/mol. The summed E-state index contributed by atoms with van der Waals surface area (Å²) < 4.78 is 83.2. The SMILES string of the molecule is CC(C)CC(c1ccc(COc2cc(C(F)(F)F)cc(C(F)(F)F)c2)cc1)C(C)(C)C. The summed E-state index contributed by atoms with van der Waals surface area (Å²) in [6.45, 7) is 10.7. The predicted molar refractivity (Wildman–Crippen MR) is 109 cm³/mol. The molecule has 7 heteroatoms. The van der Waals surface area contributed by atoms with E-state index >= 15 is 0 Å². The van der Waals surface area contributed by atoms with Gasteiger partial charge in [-0.3, -0.25) is 0 Å². The molecule has 31 heavy (non-hydrogen) atoms. The first-order valence-electron chi connectivity index (χ1n) is 10.1. The molecule has 0 saturated carbocycles. The number of hydrogen-bond acceptors (Lipinski definition) is 1. The van der Waals surface area contributed by atoms with Crippen LogP contribution >= 0.6 is 0 Å². The molecular formula is C24H28F6O. The van der Waals surface area contributed by atoms with Gasteiger partial charge >= 0.3 is 12.4 Å². The van der Waals surface area contributed by atoms with Crippen molar-refractivity contribution < 1.29 is 31.1 Å². The molecule has 0 spiro atoms. The van der Waals surface area contributed by atoms with E-state index < -0.39 is 29.2 Å². The average molecular weight is 446 g/mol. The van der Waals surface area contributed by atoms with E-state index in [2.05, 4.69) is 34.6 Å². The van der Waals surface area contributed by atoms with Crippen LogP contribution in [0.25, 0.3) is 0 Å². The van der Waals surface area contributed by atoms with Crippen molar-refractivity contribution in [1.29, 1.82) is 0 Å². The maximum Gasteiger partial charge on any atom is 0.416 e. The Hall–Kier alpha value is -2.18. The lowest BCUT2D eigenvalue weighted by molar-refractivity contribution is -0.143. The summed E-state index contributed by atoms with van der Waals surface area (Å²) in [5.74, 6) is 0.356. The van der Waals surface area contributed by atoms with Gasteiger partial charge in [-0.2, -0.15) is 26.3 Å². The summed E-state index contributed by atoms with van der Waals surface area (Å²) in [5, 5.41) is 0. The molecule has 1 unspecified atom stereocenters. The van der Waals surface area contributed by atoms with Gasteiger partial charge in [0.25, 0.3) is 0 Å². The van der Waals surface area contributed by atoms with Gasteiger partial charge in [0.15, 0.2) is 0 Å². The third-order valence-corrected chi connectivity index (χ3v) is 5.10. The van der Waals surface area contributed by atoms with Gasteiger partial charge in [-0.1, -0.05) is 58.9 Å². The zero-order valence-corrected chi connectivity index (χ0v) is 18.3. The average Bonchev–Trinajstić information content (AvgIpc) is 2.62. The second-order valence-electron chi connectivity index (χ2n) is 9.32. The fourth-order valence-electron chi connectivity index (χ4n) is 3.48. The topological polar surface area (TPSA) is 9.23 Å². The van der Waals surface area contributed by atoms with Gasteiger partial charge in [-0.15, -0.1) is 0 Å². The van der Waals surface area contributed by atoms with Crippen LogP contribution in [0.15, 0.2) is 42.5 Å². The first-order chi connectivity index (χ1) is 14.1. The summed E-state index contributed by atoms with van der Waals surface area (Å²) in [7, 11) is 0.